The molecule has 1 aromatic rings. The molecule has 1 fully saturated rings. The van der Waals surface area contributed by atoms with E-state index in [1.165, 1.54) is 0 Å². The van der Waals surface area contributed by atoms with Crippen LogP contribution in [0, 0.1) is 0 Å². The molecular formula is C12H13ClF3NO2S. The maximum Gasteiger partial charge on any atom is 0.416 e. The van der Waals surface area contributed by atoms with Crippen LogP contribution in [0.4, 0.5) is 13.2 Å². The van der Waals surface area contributed by atoms with Gasteiger partial charge >= 0.3 is 6.18 Å². The fourth-order valence-corrected chi connectivity index (χ4v) is 4.04. The monoisotopic (exact) mass is 327 g/mol. The Morgan fingerprint density at radius 2 is 1.80 bits per heavy atom. The summed E-state index contributed by atoms with van der Waals surface area (Å²) in [4.78, 5) is -0.527. The van der Waals surface area contributed by atoms with Crippen molar-refractivity contribution in [2.24, 2.45) is 0 Å². The zero-order valence-corrected chi connectivity index (χ0v) is 11.9. The maximum atomic E-state index is 12.6. The molecular weight excluding hydrogens is 315 g/mol. The number of sulfonamides is 1. The minimum atomic E-state index is -4.61. The first-order valence-corrected chi connectivity index (χ1v) is 7.95. The molecule has 0 saturated heterocycles. The lowest BCUT2D eigenvalue weighted by atomic mass is 10.2. The molecule has 1 aliphatic carbocycles. The Bertz CT molecular complexity index is 595. The van der Waals surface area contributed by atoms with E-state index >= 15 is 0 Å². The van der Waals surface area contributed by atoms with Crippen molar-refractivity contribution in [1.82, 2.24) is 4.72 Å². The molecule has 0 amide bonds. The summed E-state index contributed by atoms with van der Waals surface area (Å²) in [5, 5.41) is -0.219. The predicted molar refractivity (Wildman–Crippen MR) is 69.0 cm³/mol. The number of alkyl halides is 3. The SMILES string of the molecule is O=S(=O)(NC1CCCC1)c1cc(C(F)(F)F)ccc1Cl. The molecule has 20 heavy (non-hydrogen) atoms. The van der Waals surface area contributed by atoms with E-state index < -0.39 is 26.7 Å². The van der Waals surface area contributed by atoms with Gasteiger partial charge in [0.25, 0.3) is 0 Å². The van der Waals surface area contributed by atoms with Gasteiger partial charge in [-0.15, -0.1) is 0 Å². The van der Waals surface area contributed by atoms with E-state index in [1.807, 2.05) is 0 Å². The third kappa shape index (κ3) is 3.45. The molecule has 0 radical (unpaired) electrons. The summed E-state index contributed by atoms with van der Waals surface area (Å²) in [5.74, 6) is 0. The molecule has 1 N–H and O–H groups in total. The summed E-state index contributed by atoms with van der Waals surface area (Å²) < 4.78 is 64.6. The number of benzene rings is 1. The van der Waals surface area contributed by atoms with Crippen LogP contribution in [0.25, 0.3) is 0 Å². The highest BCUT2D eigenvalue weighted by atomic mass is 35.5. The molecule has 1 aliphatic rings. The molecule has 0 aromatic heterocycles. The second kappa shape index (κ2) is 5.54. The van der Waals surface area contributed by atoms with Crippen LogP contribution in [0.3, 0.4) is 0 Å². The van der Waals surface area contributed by atoms with Crippen LogP contribution >= 0.6 is 11.6 Å². The maximum absolute atomic E-state index is 12.6. The highest BCUT2D eigenvalue weighted by Crippen LogP contribution is 2.33. The van der Waals surface area contributed by atoms with Gasteiger partial charge < -0.3 is 0 Å². The van der Waals surface area contributed by atoms with E-state index in [1.54, 1.807) is 0 Å². The van der Waals surface area contributed by atoms with Crippen LogP contribution in [-0.2, 0) is 16.2 Å². The van der Waals surface area contributed by atoms with Crippen LogP contribution in [0.15, 0.2) is 23.1 Å². The number of rotatable bonds is 3. The van der Waals surface area contributed by atoms with Gasteiger partial charge in [-0.2, -0.15) is 13.2 Å². The Kier molecular flexibility index (Phi) is 4.32. The standard InChI is InChI=1S/C12H13ClF3NO2S/c13-10-6-5-8(12(14,15)16)7-11(10)20(18,19)17-9-3-1-2-4-9/h5-7,9,17H,1-4H2. The summed E-state index contributed by atoms with van der Waals surface area (Å²) >= 11 is 5.73. The van der Waals surface area contributed by atoms with E-state index in [2.05, 4.69) is 4.72 Å². The third-order valence-electron chi connectivity index (χ3n) is 3.23. The van der Waals surface area contributed by atoms with E-state index in [-0.39, 0.29) is 11.1 Å². The van der Waals surface area contributed by atoms with Crippen molar-refractivity contribution >= 4 is 21.6 Å². The molecule has 0 atom stereocenters. The third-order valence-corrected chi connectivity index (χ3v) is 5.23. The van der Waals surface area contributed by atoms with Crippen LogP contribution in [0.5, 0.6) is 0 Å². The predicted octanol–water partition coefficient (Wildman–Crippen LogP) is 3.58. The van der Waals surface area contributed by atoms with Crippen LogP contribution in [0.1, 0.15) is 31.2 Å². The second-order valence-electron chi connectivity index (χ2n) is 4.75. The zero-order chi connectivity index (χ0) is 15.0. The molecule has 1 aromatic carbocycles. The normalized spacial score (nSPS) is 17.6. The molecule has 3 nitrogen and oxygen atoms in total. The van der Waals surface area contributed by atoms with E-state index in [0.29, 0.717) is 18.9 Å². The van der Waals surface area contributed by atoms with Gasteiger partial charge in [0.15, 0.2) is 0 Å². The highest BCUT2D eigenvalue weighted by molar-refractivity contribution is 7.89. The molecule has 0 spiro atoms. The average Bonchev–Trinajstić information content (AvgIpc) is 2.79. The lowest BCUT2D eigenvalue weighted by Crippen LogP contribution is -2.33. The second-order valence-corrected chi connectivity index (χ2v) is 6.84. The number of nitrogens with one attached hydrogen (secondary N) is 1. The summed E-state index contributed by atoms with van der Waals surface area (Å²) in [7, 11) is -4.04. The van der Waals surface area contributed by atoms with Gasteiger partial charge in [0.1, 0.15) is 4.90 Å². The van der Waals surface area contributed by atoms with Crippen molar-refractivity contribution in [1.29, 1.82) is 0 Å². The van der Waals surface area contributed by atoms with Crippen molar-refractivity contribution < 1.29 is 21.6 Å². The molecule has 112 valence electrons. The molecule has 1 saturated carbocycles. The summed E-state index contributed by atoms with van der Waals surface area (Å²) in [6.45, 7) is 0. The Balaban J connectivity index is 2.35. The lowest BCUT2D eigenvalue weighted by molar-refractivity contribution is -0.137. The highest BCUT2D eigenvalue weighted by Gasteiger charge is 2.33. The van der Waals surface area contributed by atoms with Crippen molar-refractivity contribution in [3.8, 4) is 0 Å². The van der Waals surface area contributed by atoms with Crippen LogP contribution < -0.4 is 4.72 Å². The molecule has 0 aliphatic heterocycles. The molecule has 8 heteroatoms. The van der Waals surface area contributed by atoms with Crippen molar-refractivity contribution in [3.63, 3.8) is 0 Å². The van der Waals surface area contributed by atoms with Gasteiger partial charge in [-0.1, -0.05) is 24.4 Å². The molecule has 0 heterocycles. The molecule has 2 rings (SSSR count). The Hall–Kier alpha value is -0.790. The molecule has 0 bridgehead atoms. The summed E-state index contributed by atoms with van der Waals surface area (Å²) in [6, 6.07) is 2.05. The summed E-state index contributed by atoms with van der Waals surface area (Å²) in [5.41, 5.74) is -1.03. The minimum Gasteiger partial charge on any atom is -0.208 e. The van der Waals surface area contributed by atoms with Gasteiger partial charge in [-0.05, 0) is 31.0 Å². The topological polar surface area (TPSA) is 46.2 Å². The quantitative estimate of drug-likeness (QED) is 0.922. The lowest BCUT2D eigenvalue weighted by Gasteiger charge is -2.15. The van der Waals surface area contributed by atoms with Crippen LogP contribution in [-0.4, -0.2) is 14.5 Å². The van der Waals surface area contributed by atoms with Gasteiger partial charge in [-0.3, -0.25) is 0 Å². The largest absolute Gasteiger partial charge is 0.416 e. The van der Waals surface area contributed by atoms with Crippen LogP contribution in [0.2, 0.25) is 5.02 Å². The Morgan fingerprint density at radius 3 is 2.35 bits per heavy atom. The molecule has 0 unspecified atom stereocenters. The van der Waals surface area contributed by atoms with E-state index in [4.69, 9.17) is 11.6 Å². The first kappa shape index (κ1) is 15.6. The van der Waals surface area contributed by atoms with Crippen molar-refractivity contribution in [2.75, 3.05) is 0 Å². The first-order chi connectivity index (χ1) is 9.20. The van der Waals surface area contributed by atoms with Gasteiger partial charge in [0.05, 0.1) is 10.6 Å². The number of hydrogen-bond donors (Lipinski definition) is 1. The minimum absolute atomic E-state index is 0.219. The van der Waals surface area contributed by atoms with Gasteiger partial charge in [0, 0.05) is 6.04 Å². The zero-order valence-electron chi connectivity index (χ0n) is 10.4. The van der Waals surface area contributed by atoms with Gasteiger partial charge in [0.2, 0.25) is 10.0 Å². The Morgan fingerprint density at radius 1 is 1.20 bits per heavy atom. The van der Waals surface area contributed by atoms with Crippen molar-refractivity contribution in [3.05, 3.63) is 28.8 Å². The van der Waals surface area contributed by atoms with E-state index in [0.717, 1.165) is 25.0 Å². The number of hydrogen-bond acceptors (Lipinski definition) is 2. The van der Waals surface area contributed by atoms with Crippen molar-refractivity contribution in [2.45, 2.75) is 42.8 Å². The van der Waals surface area contributed by atoms with Gasteiger partial charge in [-0.25, -0.2) is 13.1 Å². The first-order valence-electron chi connectivity index (χ1n) is 6.09. The van der Waals surface area contributed by atoms with E-state index in [9.17, 15) is 21.6 Å². The Labute approximate surface area is 120 Å². The summed E-state index contributed by atoms with van der Waals surface area (Å²) in [6.07, 6.45) is -1.42. The fraction of sp³-hybridized carbons (Fsp3) is 0.500. The average molecular weight is 328 g/mol. The fourth-order valence-electron chi connectivity index (χ4n) is 2.21. The smallest absolute Gasteiger partial charge is 0.208 e. The number of halogens is 4.